The number of hydrogen-bond acceptors (Lipinski definition) is 3. The summed E-state index contributed by atoms with van der Waals surface area (Å²) in [6, 6.07) is 7.82. The summed E-state index contributed by atoms with van der Waals surface area (Å²) in [5.41, 5.74) is 1.94. The molecule has 0 bridgehead atoms. The molecule has 0 spiro atoms. The van der Waals surface area contributed by atoms with Crippen molar-refractivity contribution in [2.24, 2.45) is 0 Å². The Morgan fingerprint density at radius 2 is 2.00 bits per heavy atom. The zero-order chi connectivity index (χ0) is 13.8. The Morgan fingerprint density at radius 3 is 2.74 bits per heavy atom. The zero-order valence-electron chi connectivity index (χ0n) is 11.2. The summed E-state index contributed by atoms with van der Waals surface area (Å²) in [6.45, 7) is 2.00. The fourth-order valence-electron chi connectivity index (χ4n) is 1.99. The van der Waals surface area contributed by atoms with Gasteiger partial charge in [-0.1, -0.05) is 18.2 Å². The summed E-state index contributed by atoms with van der Waals surface area (Å²) in [5.74, 6) is -0.245. The summed E-state index contributed by atoms with van der Waals surface area (Å²) in [7, 11) is 1.72. The molecule has 0 atom stereocenters. The van der Waals surface area contributed by atoms with Gasteiger partial charge in [-0.15, -0.1) is 0 Å². The lowest BCUT2D eigenvalue weighted by molar-refractivity contribution is -0.133. The van der Waals surface area contributed by atoms with Gasteiger partial charge >= 0.3 is 0 Å². The minimum atomic E-state index is -0.139. The summed E-state index contributed by atoms with van der Waals surface area (Å²) < 4.78 is 5.45. The number of amides is 1. The summed E-state index contributed by atoms with van der Waals surface area (Å²) in [4.78, 5) is 24.1. The number of rotatable bonds is 5. The minimum absolute atomic E-state index is 0.0252. The predicted molar refractivity (Wildman–Crippen MR) is 72.9 cm³/mol. The molecule has 2 aromatic rings. The minimum Gasteiger partial charge on any atom is -0.464 e. The first kappa shape index (κ1) is 13.3. The van der Waals surface area contributed by atoms with E-state index >= 15 is 0 Å². The Labute approximate surface area is 112 Å². The number of carbonyl (C=O) groups is 2. The number of likely N-dealkylation sites (N-methyl/N-ethyl adjacent to an activating group) is 1. The van der Waals surface area contributed by atoms with Gasteiger partial charge in [-0.3, -0.25) is 9.59 Å². The van der Waals surface area contributed by atoms with Gasteiger partial charge in [0.2, 0.25) is 5.91 Å². The van der Waals surface area contributed by atoms with E-state index in [-0.39, 0.29) is 18.1 Å². The fraction of sp³-hybridized carbons (Fsp3) is 0.333. The third kappa shape index (κ3) is 3.22. The van der Waals surface area contributed by atoms with Crippen LogP contribution in [0.3, 0.4) is 0 Å². The molecular formula is C15H17NO3. The molecule has 0 aliphatic carbocycles. The molecule has 0 radical (unpaired) electrons. The van der Waals surface area contributed by atoms with Crippen LogP contribution >= 0.6 is 0 Å². The topological polar surface area (TPSA) is 50.5 Å². The summed E-state index contributed by atoms with van der Waals surface area (Å²) >= 11 is 0. The largest absolute Gasteiger partial charge is 0.464 e. The highest BCUT2D eigenvalue weighted by Gasteiger charge is 2.12. The monoisotopic (exact) mass is 259 g/mol. The van der Waals surface area contributed by atoms with Crippen molar-refractivity contribution in [3.05, 3.63) is 36.1 Å². The van der Waals surface area contributed by atoms with Gasteiger partial charge in [0.25, 0.3) is 0 Å². The maximum Gasteiger partial charge on any atom is 0.229 e. The van der Waals surface area contributed by atoms with E-state index in [0.29, 0.717) is 6.54 Å². The second kappa shape index (κ2) is 5.69. The highest BCUT2D eigenvalue weighted by molar-refractivity contribution is 5.96. The van der Waals surface area contributed by atoms with E-state index in [9.17, 15) is 9.59 Å². The number of hydrogen-bond donors (Lipinski definition) is 0. The van der Waals surface area contributed by atoms with Crippen molar-refractivity contribution in [2.75, 3.05) is 13.6 Å². The molecule has 0 aliphatic rings. The Kier molecular flexibility index (Phi) is 4.00. The lowest BCUT2D eigenvalue weighted by Crippen LogP contribution is -2.29. The van der Waals surface area contributed by atoms with Crippen LogP contribution in [0.15, 0.2) is 34.9 Å². The van der Waals surface area contributed by atoms with Crippen molar-refractivity contribution in [1.29, 1.82) is 0 Å². The van der Waals surface area contributed by atoms with Gasteiger partial charge in [-0.2, -0.15) is 0 Å². The highest BCUT2D eigenvalue weighted by atomic mass is 16.3. The summed E-state index contributed by atoms with van der Waals surface area (Å²) in [5, 5.41) is 1.08. The molecule has 100 valence electrons. The lowest BCUT2D eigenvalue weighted by Gasteiger charge is -2.15. The SMILES string of the molecule is CC(=O)CC(=O)N(C)CCc1coc2ccccc12. The van der Waals surface area contributed by atoms with E-state index in [2.05, 4.69) is 0 Å². The molecule has 1 aromatic heterocycles. The van der Waals surface area contributed by atoms with E-state index in [0.717, 1.165) is 23.0 Å². The summed E-state index contributed by atoms with van der Waals surface area (Å²) in [6.07, 6.45) is 2.42. The van der Waals surface area contributed by atoms with Gasteiger partial charge < -0.3 is 9.32 Å². The van der Waals surface area contributed by atoms with Crippen molar-refractivity contribution < 1.29 is 14.0 Å². The van der Waals surface area contributed by atoms with Crippen LogP contribution in [0.2, 0.25) is 0 Å². The zero-order valence-corrected chi connectivity index (χ0v) is 11.2. The second-order valence-electron chi connectivity index (χ2n) is 4.70. The van der Waals surface area contributed by atoms with Gasteiger partial charge in [-0.25, -0.2) is 0 Å². The number of Topliss-reactive ketones (excluding diaryl/α,β-unsaturated/α-hetero) is 1. The molecule has 0 fully saturated rings. The number of ketones is 1. The molecule has 2 rings (SSSR count). The molecule has 4 nitrogen and oxygen atoms in total. The molecule has 0 N–H and O–H groups in total. The van der Waals surface area contributed by atoms with Crippen LogP contribution in [0, 0.1) is 0 Å². The number of benzene rings is 1. The van der Waals surface area contributed by atoms with E-state index in [4.69, 9.17) is 4.42 Å². The third-order valence-electron chi connectivity index (χ3n) is 3.10. The normalized spacial score (nSPS) is 10.6. The number of para-hydroxylation sites is 1. The van der Waals surface area contributed by atoms with Crippen LogP contribution in [0.5, 0.6) is 0 Å². The van der Waals surface area contributed by atoms with Gasteiger partial charge in [0.1, 0.15) is 11.4 Å². The molecule has 4 heteroatoms. The molecule has 0 aliphatic heterocycles. The number of carbonyl (C=O) groups excluding carboxylic acids is 2. The van der Waals surface area contributed by atoms with Crippen molar-refractivity contribution >= 4 is 22.7 Å². The number of furan rings is 1. The molecule has 0 saturated heterocycles. The van der Waals surface area contributed by atoms with Crippen LogP contribution in [0.4, 0.5) is 0 Å². The smallest absolute Gasteiger partial charge is 0.229 e. The van der Waals surface area contributed by atoms with Gasteiger partial charge in [0.05, 0.1) is 12.7 Å². The van der Waals surface area contributed by atoms with E-state index in [1.165, 1.54) is 6.92 Å². The standard InChI is InChI=1S/C15H17NO3/c1-11(17)9-15(18)16(2)8-7-12-10-19-14-6-4-3-5-13(12)14/h3-6,10H,7-9H2,1-2H3. The van der Waals surface area contributed by atoms with E-state index < -0.39 is 0 Å². The quantitative estimate of drug-likeness (QED) is 0.775. The van der Waals surface area contributed by atoms with Crippen molar-refractivity contribution in [3.8, 4) is 0 Å². The molecule has 19 heavy (non-hydrogen) atoms. The van der Waals surface area contributed by atoms with Gasteiger partial charge in [0.15, 0.2) is 0 Å². The first-order valence-electron chi connectivity index (χ1n) is 6.26. The van der Waals surface area contributed by atoms with Crippen molar-refractivity contribution in [3.63, 3.8) is 0 Å². The van der Waals surface area contributed by atoms with Crippen LogP contribution < -0.4 is 0 Å². The average molecular weight is 259 g/mol. The lowest BCUT2D eigenvalue weighted by atomic mass is 10.1. The maximum absolute atomic E-state index is 11.7. The Morgan fingerprint density at radius 1 is 1.26 bits per heavy atom. The van der Waals surface area contributed by atoms with E-state index in [1.807, 2.05) is 24.3 Å². The van der Waals surface area contributed by atoms with Crippen molar-refractivity contribution in [2.45, 2.75) is 19.8 Å². The molecule has 0 unspecified atom stereocenters. The maximum atomic E-state index is 11.7. The van der Waals surface area contributed by atoms with Gasteiger partial charge in [0, 0.05) is 19.0 Å². The van der Waals surface area contributed by atoms with Crippen LogP contribution in [-0.4, -0.2) is 30.2 Å². The van der Waals surface area contributed by atoms with Crippen LogP contribution in [0.1, 0.15) is 18.9 Å². The predicted octanol–water partition coefficient (Wildman–Crippen LogP) is 2.41. The molecule has 0 saturated carbocycles. The Bertz CT molecular complexity index is 600. The second-order valence-corrected chi connectivity index (χ2v) is 4.70. The Balaban J connectivity index is 1.99. The van der Waals surface area contributed by atoms with E-state index in [1.54, 1.807) is 18.2 Å². The average Bonchev–Trinajstić information content (AvgIpc) is 2.78. The molecular weight excluding hydrogens is 242 g/mol. The number of fused-ring (bicyclic) bond motifs is 1. The third-order valence-corrected chi connectivity index (χ3v) is 3.10. The van der Waals surface area contributed by atoms with Crippen molar-refractivity contribution in [1.82, 2.24) is 4.90 Å². The van der Waals surface area contributed by atoms with Crippen LogP contribution in [-0.2, 0) is 16.0 Å². The first-order chi connectivity index (χ1) is 9.08. The Hall–Kier alpha value is -2.10. The molecule has 1 aromatic carbocycles. The molecule has 1 amide bonds. The first-order valence-corrected chi connectivity index (χ1v) is 6.26. The van der Waals surface area contributed by atoms with Crippen LogP contribution in [0.25, 0.3) is 11.0 Å². The highest BCUT2D eigenvalue weighted by Crippen LogP contribution is 2.21. The van der Waals surface area contributed by atoms with Gasteiger partial charge in [-0.05, 0) is 25.0 Å². The number of nitrogens with zero attached hydrogens (tertiary/aromatic N) is 1. The fourth-order valence-corrected chi connectivity index (χ4v) is 1.99. The molecule has 1 heterocycles.